The highest BCUT2D eigenvalue weighted by Crippen LogP contribution is 2.36. The Kier molecular flexibility index (Phi) is 2.95. The summed E-state index contributed by atoms with van der Waals surface area (Å²) in [6.45, 7) is 0. The zero-order valence-corrected chi connectivity index (χ0v) is 11.1. The van der Waals surface area contributed by atoms with Crippen molar-refractivity contribution in [2.45, 2.75) is 37.4 Å². The van der Waals surface area contributed by atoms with E-state index in [2.05, 4.69) is 12.1 Å². The molecular weight excluding hydrogens is 204 g/mol. The Hall–Kier alpha value is -0.643. The first-order chi connectivity index (χ1) is 7.10. The molecule has 0 radical (unpaired) electrons. The highest BCUT2D eigenvalue weighted by Gasteiger charge is 2.33. The van der Waals surface area contributed by atoms with Crippen LogP contribution in [0.3, 0.4) is 0 Å². The standard InChI is InChI=1S/C12H18O2Si/c13-10-5-7-12(14,8-6-10)9-1-3-11(15)4-2-9/h1-4,10,13-14H,5-8H2,15H3. The van der Waals surface area contributed by atoms with Gasteiger partial charge in [-0.3, -0.25) is 0 Å². The van der Waals surface area contributed by atoms with Crippen molar-refractivity contribution in [1.82, 2.24) is 0 Å². The molecule has 0 spiro atoms. The molecule has 0 saturated heterocycles. The van der Waals surface area contributed by atoms with Crippen molar-refractivity contribution < 1.29 is 10.2 Å². The Morgan fingerprint density at radius 1 is 1.13 bits per heavy atom. The minimum absolute atomic E-state index is 0.219. The first kappa shape index (κ1) is 10.9. The van der Waals surface area contributed by atoms with Crippen LogP contribution in [-0.4, -0.2) is 26.6 Å². The lowest BCUT2D eigenvalue weighted by molar-refractivity contribution is -0.0361. The van der Waals surface area contributed by atoms with Crippen LogP contribution in [0.25, 0.3) is 0 Å². The summed E-state index contributed by atoms with van der Waals surface area (Å²) in [6.07, 6.45) is 2.55. The summed E-state index contributed by atoms with van der Waals surface area (Å²) in [7, 11) is 1.05. The number of rotatable bonds is 1. The predicted molar refractivity (Wildman–Crippen MR) is 64.4 cm³/mol. The van der Waals surface area contributed by atoms with Crippen LogP contribution in [0.1, 0.15) is 31.2 Å². The van der Waals surface area contributed by atoms with Crippen LogP contribution in [0, 0.1) is 0 Å². The van der Waals surface area contributed by atoms with Gasteiger partial charge in [-0.15, -0.1) is 0 Å². The van der Waals surface area contributed by atoms with Crippen molar-refractivity contribution >= 4 is 15.4 Å². The van der Waals surface area contributed by atoms with E-state index in [4.69, 9.17) is 0 Å². The lowest BCUT2D eigenvalue weighted by Crippen LogP contribution is -2.33. The van der Waals surface area contributed by atoms with Gasteiger partial charge in [0.25, 0.3) is 0 Å². The topological polar surface area (TPSA) is 40.5 Å². The molecule has 1 aliphatic rings. The second-order valence-electron chi connectivity index (χ2n) is 4.63. The average Bonchev–Trinajstić information content (AvgIpc) is 2.24. The lowest BCUT2D eigenvalue weighted by atomic mass is 9.79. The number of aliphatic hydroxyl groups excluding tert-OH is 1. The second-order valence-corrected chi connectivity index (χ2v) is 5.78. The smallest absolute Gasteiger partial charge is 0.0898 e. The molecule has 0 amide bonds. The molecule has 3 heteroatoms. The fraction of sp³-hybridized carbons (Fsp3) is 0.500. The van der Waals surface area contributed by atoms with Gasteiger partial charge in [-0.2, -0.15) is 0 Å². The number of hydrogen-bond acceptors (Lipinski definition) is 2. The fourth-order valence-corrected chi connectivity index (χ4v) is 2.57. The van der Waals surface area contributed by atoms with Gasteiger partial charge in [-0.25, -0.2) is 0 Å². The average molecular weight is 222 g/mol. The summed E-state index contributed by atoms with van der Waals surface area (Å²) in [5, 5.41) is 21.2. The minimum atomic E-state index is -0.700. The third-order valence-corrected chi connectivity index (χ3v) is 4.04. The van der Waals surface area contributed by atoms with E-state index in [9.17, 15) is 10.2 Å². The molecule has 1 aromatic carbocycles. The van der Waals surface area contributed by atoms with E-state index in [0.717, 1.165) is 15.8 Å². The monoisotopic (exact) mass is 222 g/mol. The van der Waals surface area contributed by atoms with Crippen LogP contribution in [0.5, 0.6) is 0 Å². The molecule has 82 valence electrons. The summed E-state index contributed by atoms with van der Waals surface area (Å²) in [5.74, 6) is 0. The Morgan fingerprint density at radius 3 is 2.20 bits per heavy atom. The number of benzene rings is 1. The van der Waals surface area contributed by atoms with Crippen molar-refractivity contribution in [2.75, 3.05) is 0 Å². The van der Waals surface area contributed by atoms with Crippen LogP contribution < -0.4 is 5.19 Å². The minimum Gasteiger partial charge on any atom is -0.393 e. The molecule has 1 aromatic rings. The molecule has 2 rings (SSSR count). The van der Waals surface area contributed by atoms with Crippen molar-refractivity contribution in [3.05, 3.63) is 29.8 Å². The van der Waals surface area contributed by atoms with E-state index in [1.165, 1.54) is 5.19 Å². The van der Waals surface area contributed by atoms with Crippen LogP contribution >= 0.6 is 0 Å². The number of aliphatic hydroxyl groups is 2. The first-order valence-corrected chi connectivity index (χ1v) is 6.58. The molecule has 0 bridgehead atoms. The molecule has 1 saturated carbocycles. The maximum absolute atomic E-state index is 10.5. The van der Waals surface area contributed by atoms with E-state index in [0.29, 0.717) is 25.7 Å². The summed E-state index contributed by atoms with van der Waals surface area (Å²) < 4.78 is 0. The van der Waals surface area contributed by atoms with Gasteiger partial charge in [0.05, 0.1) is 11.7 Å². The first-order valence-electron chi connectivity index (χ1n) is 5.58. The van der Waals surface area contributed by atoms with Crippen molar-refractivity contribution in [1.29, 1.82) is 0 Å². The summed E-state index contributed by atoms with van der Waals surface area (Å²) >= 11 is 0. The maximum Gasteiger partial charge on any atom is 0.0898 e. The second kappa shape index (κ2) is 4.08. The zero-order chi connectivity index (χ0) is 10.9. The SMILES string of the molecule is OC1CCC(O)(c2ccc([SiH3])cc2)CC1. The Balaban J connectivity index is 2.18. The molecular formula is C12H18O2Si. The van der Waals surface area contributed by atoms with Crippen molar-refractivity contribution in [3.63, 3.8) is 0 Å². The fourth-order valence-electron chi connectivity index (χ4n) is 2.23. The molecule has 2 N–H and O–H groups in total. The summed E-state index contributed by atoms with van der Waals surface area (Å²) in [6, 6.07) is 8.23. The molecule has 0 aliphatic heterocycles. The molecule has 1 fully saturated rings. The van der Waals surface area contributed by atoms with E-state index >= 15 is 0 Å². The van der Waals surface area contributed by atoms with Gasteiger partial charge in [0.2, 0.25) is 0 Å². The van der Waals surface area contributed by atoms with E-state index in [1.54, 1.807) is 0 Å². The largest absolute Gasteiger partial charge is 0.393 e. The highest BCUT2D eigenvalue weighted by atomic mass is 28.1. The van der Waals surface area contributed by atoms with Gasteiger partial charge in [-0.1, -0.05) is 29.5 Å². The van der Waals surface area contributed by atoms with Gasteiger partial charge < -0.3 is 10.2 Å². The Labute approximate surface area is 93.4 Å². The number of hydrogen-bond donors (Lipinski definition) is 2. The normalized spacial score (nSPS) is 31.7. The van der Waals surface area contributed by atoms with Gasteiger partial charge in [-0.05, 0) is 31.2 Å². The highest BCUT2D eigenvalue weighted by molar-refractivity contribution is 6.32. The van der Waals surface area contributed by atoms with Gasteiger partial charge in [0, 0.05) is 10.2 Å². The molecule has 0 atom stereocenters. The molecule has 0 unspecified atom stereocenters. The Morgan fingerprint density at radius 2 is 1.67 bits per heavy atom. The van der Waals surface area contributed by atoms with Gasteiger partial charge in [0.1, 0.15) is 0 Å². The molecule has 0 heterocycles. The Bertz CT molecular complexity index is 326. The van der Waals surface area contributed by atoms with Gasteiger partial charge in [0.15, 0.2) is 0 Å². The molecule has 2 nitrogen and oxygen atoms in total. The van der Waals surface area contributed by atoms with Crippen LogP contribution in [0.2, 0.25) is 0 Å². The molecule has 15 heavy (non-hydrogen) atoms. The summed E-state index contributed by atoms with van der Waals surface area (Å²) in [4.78, 5) is 0. The van der Waals surface area contributed by atoms with E-state index in [1.807, 2.05) is 12.1 Å². The third kappa shape index (κ3) is 2.30. The van der Waals surface area contributed by atoms with Crippen LogP contribution in [0.4, 0.5) is 0 Å². The van der Waals surface area contributed by atoms with Crippen LogP contribution in [-0.2, 0) is 5.60 Å². The van der Waals surface area contributed by atoms with Crippen molar-refractivity contribution in [3.8, 4) is 0 Å². The van der Waals surface area contributed by atoms with E-state index < -0.39 is 5.60 Å². The third-order valence-electron chi connectivity index (χ3n) is 3.37. The lowest BCUT2D eigenvalue weighted by Gasteiger charge is -2.34. The van der Waals surface area contributed by atoms with E-state index in [-0.39, 0.29) is 6.10 Å². The quantitative estimate of drug-likeness (QED) is 0.646. The zero-order valence-electron chi connectivity index (χ0n) is 9.11. The maximum atomic E-state index is 10.5. The van der Waals surface area contributed by atoms with Gasteiger partial charge >= 0.3 is 0 Å². The molecule has 0 aromatic heterocycles. The van der Waals surface area contributed by atoms with Crippen LogP contribution in [0.15, 0.2) is 24.3 Å². The molecule has 1 aliphatic carbocycles. The van der Waals surface area contributed by atoms with Crippen molar-refractivity contribution in [2.24, 2.45) is 0 Å². The predicted octanol–water partition coefficient (Wildman–Crippen LogP) is -0.200. The summed E-state index contributed by atoms with van der Waals surface area (Å²) in [5.41, 5.74) is 0.308.